The fourth-order valence-electron chi connectivity index (χ4n) is 2.00. The van der Waals surface area contributed by atoms with Gasteiger partial charge < -0.3 is 15.6 Å². The first-order chi connectivity index (χ1) is 10.7. The first kappa shape index (κ1) is 16.9. The van der Waals surface area contributed by atoms with Crippen molar-refractivity contribution < 1.29 is 17.8 Å². The second kappa shape index (κ2) is 6.34. The van der Waals surface area contributed by atoms with Gasteiger partial charge in [-0.15, -0.1) is 0 Å². The van der Waals surface area contributed by atoms with E-state index in [-0.39, 0.29) is 36.5 Å². The van der Waals surface area contributed by atoms with Gasteiger partial charge in [-0.2, -0.15) is 13.4 Å². The zero-order chi connectivity index (χ0) is 17.2. The molecule has 0 aliphatic carbocycles. The molecule has 2 rings (SSSR count). The van der Waals surface area contributed by atoms with E-state index in [4.69, 9.17) is 10.3 Å². The van der Waals surface area contributed by atoms with Gasteiger partial charge in [0, 0.05) is 13.0 Å². The number of carbonyl (C=O) groups excluding carboxylic acids is 1. The zero-order valence-electron chi connectivity index (χ0n) is 12.2. The highest BCUT2D eigenvalue weighted by Crippen LogP contribution is 2.07. The molecule has 0 radical (unpaired) electrons. The minimum absolute atomic E-state index is 0.0338. The van der Waals surface area contributed by atoms with Gasteiger partial charge >= 0.3 is 0 Å². The highest BCUT2D eigenvalue weighted by molar-refractivity contribution is 7.86. The Morgan fingerprint density at radius 3 is 2.87 bits per heavy atom. The van der Waals surface area contributed by atoms with Crippen molar-refractivity contribution in [3.63, 3.8) is 0 Å². The molecule has 0 aromatic carbocycles. The Morgan fingerprint density at radius 2 is 2.26 bits per heavy atom. The highest BCUT2D eigenvalue weighted by Gasteiger charge is 2.22. The van der Waals surface area contributed by atoms with Crippen LogP contribution in [0, 0.1) is 0 Å². The first-order valence-corrected chi connectivity index (χ1v) is 8.19. The Bertz CT molecular complexity index is 886. The normalized spacial score (nSPS) is 13.1. The second-order valence-electron chi connectivity index (χ2n) is 4.79. The number of imidazole rings is 1. The van der Waals surface area contributed by atoms with E-state index in [9.17, 15) is 18.0 Å². The molecule has 1 atom stereocenters. The van der Waals surface area contributed by atoms with Crippen molar-refractivity contribution in [1.82, 2.24) is 24.8 Å². The van der Waals surface area contributed by atoms with Gasteiger partial charge in [0.25, 0.3) is 15.7 Å². The molecule has 2 aromatic heterocycles. The van der Waals surface area contributed by atoms with Crippen LogP contribution in [0.1, 0.15) is 19.8 Å². The molecule has 0 saturated carbocycles. The lowest BCUT2D eigenvalue weighted by atomic mass is 10.3. The topological polar surface area (TPSA) is 173 Å². The van der Waals surface area contributed by atoms with Crippen LogP contribution < -0.4 is 16.6 Å². The Hall–Kier alpha value is -2.47. The summed E-state index contributed by atoms with van der Waals surface area (Å²) in [6.45, 7) is 1.63. The third-order valence-electron chi connectivity index (χ3n) is 3.13. The molecular weight excluding hydrogens is 328 g/mol. The van der Waals surface area contributed by atoms with E-state index >= 15 is 0 Å². The van der Waals surface area contributed by atoms with Crippen LogP contribution in [0.4, 0.5) is 5.95 Å². The van der Waals surface area contributed by atoms with Crippen molar-refractivity contribution in [3.05, 3.63) is 16.7 Å². The maximum Gasteiger partial charge on any atom is 0.286 e. The number of hydrogen-bond acceptors (Lipinski definition) is 7. The minimum atomic E-state index is -4.35. The monoisotopic (exact) mass is 344 g/mol. The maximum absolute atomic E-state index is 11.8. The molecule has 2 heterocycles. The molecule has 12 heteroatoms. The summed E-state index contributed by atoms with van der Waals surface area (Å²) in [5.41, 5.74) is 5.28. The summed E-state index contributed by atoms with van der Waals surface area (Å²) in [7, 11) is -4.35. The van der Waals surface area contributed by atoms with Crippen molar-refractivity contribution in [2.75, 3.05) is 5.73 Å². The zero-order valence-corrected chi connectivity index (χ0v) is 13.0. The van der Waals surface area contributed by atoms with Crippen LogP contribution in [0.3, 0.4) is 0 Å². The number of anilines is 1. The number of nitrogen functional groups attached to an aromatic ring is 1. The van der Waals surface area contributed by atoms with Gasteiger partial charge in [-0.3, -0.25) is 19.1 Å². The molecule has 1 unspecified atom stereocenters. The number of nitrogens with one attached hydrogen (secondary N) is 2. The lowest BCUT2D eigenvalue weighted by molar-refractivity contribution is -0.121. The van der Waals surface area contributed by atoms with Crippen molar-refractivity contribution in [2.45, 2.75) is 31.7 Å². The largest absolute Gasteiger partial charge is 0.369 e. The van der Waals surface area contributed by atoms with E-state index in [0.717, 1.165) is 0 Å². The van der Waals surface area contributed by atoms with Gasteiger partial charge in [0.05, 0.1) is 6.33 Å². The number of nitrogens with two attached hydrogens (primary N) is 1. The molecule has 0 bridgehead atoms. The third kappa shape index (κ3) is 3.84. The van der Waals surface area contributed by atoms with Gasteiger partial charge in [0.2, 0.25) is 11.9 Å². The number of aromatic nitrogens is 4. The van der Waals surface area contributed by atoms with Gasteiger partial charge in [-0.1, -0.05) is 6.92 Å². The summed E-state index contributed by atoms with van der Waals surface area (Å²) in [6.07, 6.45) is 1.28. The van der Waals surface area contributed by atoms with Crippen LogP contribution in [0.15, 0.2) is 11.1 Å². The summed E-state index contributed by atoms with van der Waals surface area (Å²) in [4.78, 5) is 33.5. The van der Waals surface area contributed by atoms with Crippen molar-refractivity contribution in [3.8, 4) is 0 Å². The number of carbonyl (C=O) groups is 1. The van der Waals surface area contributed by atoms with E-state index in [0.29, 0.717) is 0 Å². The van der Waals surface area contributed by atoms with E-state index < -0.39 is 27.0 Å². The smallest absolute Gasteiger partial charge is 0.286 e. The Labute approximate surface area is 130 Å². The fraction of sp³-hybridized carbons (Fsp3) is 0.455. The maximum atomic E-state index is 11.8. The Balaban J connectivity index is 2.09. The van der Waals surface area contributed by atoms with Crippen molar-refractivity contribution >= 4 is 33.1 Å². The third-order valence-corrected chi connectivity index (χ3v) is 4.30. The molecule has 1 amide bonds. The molecule has 126 valence electrons. The van der Waals surface area contributed by atoms with E-state index in [1.807, 2.05) is 0 Å². The average Bonchev–Trinajstić information content (AvgIpc) is 2.84. The van der Waals surface area contributed by atoms with Gasteiger partial charge in [0.1, 0.15) is 0 Å². The Morgan fingerprint density at radius 1 is 1.57 bits per heavy atom. The van der Waals surface area contributed by atoms with Crippen LogP contribution in [-0.2, 0) is 21.5 Å². The van der Waals surface area contributed by atoms with Gasteiger partial charge in [-0.25, -0.2) is 4.98 Å². The molecular formula is C11H16N6O5S. The SMILES string of the molecule is CCC(NC(=O)CCn1cnc2c(=O)[nH]c(N)nc21)S(=O)(=O)O. The molecule has 2 aromatic rings. The lowest BCUT2D eigenvalue weighted by Crippen LogP contribution is -2.40. The van der Waals surface area contributed by atoms with Crippen LogP contribution in [0.5, 0.6) is 0 Å². The standard InChI is InChI=1S/C11H16N6O5S/c1-2-7(23(20,21)22)14-6(18)3-4-17-5-13-8-9(17)15-11(12)16-10(8)19/h5,7H,2-4H2,1H3,(H,14,18)(H,20,21,22)(H3,12,15,16,19). The van der Waals surface area contributed by atoms with Crippen molar-refractivity contribution in [1.29, 1.82) is 0 Å². The predicted molar refractivity (Wildman–Crippen MR) is 80.9 cm³/mol. The predicted octanol–water partition coefficient (Wildman–Crippen LogP) is -1.17. The van der Waals surface area contributed by atoms with Gasteiger partial charge in [0.15, 0.2) is 16.5 Å². The van der Waals surface area contributed by atoms with Crippen LogP contribution in [0.25, 0.3) is 11.2 Å². The highest BCUT2D eigenvalue weighted by atomic mass is 32.2. The summed E-state index contributed by atoms with van der Waals surface area (Å²) in [5, 5.41) is 0.861. The second-order valence-corrected chi connectivity index (χ2v) is 6.39. The van der Waals surface area contributed by atoms with Crippen LogP contribution >= 0.6 is 0 Å². The molecule has 0 aliphatic rings. The Kier molecular flexibility index (Phi) is 4.65. The molecule has 23 heavy (non-hydrogen) atoms. The number of hydrogen-bond donors (Lipinski definition) is 4. The molecule has 0 spiro atoms. The quantitative estimate of drug-likeness (QED) is 0.474. The van der Waals surface area contributed by atoms with Gasteiger partial charge in [-0.05, 0) is 6.42 Å². The number of H-pyrrole nitrogens is 1. The van der Waals surface area contributed by atoms with E-state index in [2.05, 4.69) is 20.3 Å². The molecule has 11 nitrogen and oxygen atoms in total. The summed E-state index contributed by atoms with van der Waals surface area (Å²) >= 11 is 0. The number of amides is 1. The number of nitrogens with zero attached hydrogens (tertiary/aromatic N) is 3. The molecule has 0 fully saturated rings. The number of aromatic amines is 1. The van der Waals surface area contributed by atoms with Crippen LogP contribution in [0.2, 0.25) is 0 Å². The van der Waals surface area contributed by atoms with E-state index in [1.165, 1.54) is 17.8 Å². The summed E-state index contributed by atoms with van der Waals surface area (Å²) in [6, 6.07) is 0. The fourth-order valence-corrected chi connectivity index (χ4v) is 2.70. The average molecular weight is 344 g/mol. The lowest BCUT2D eigenvalue weighted by Gasteiger charge is -2.13. The summed E-state index contributed by atoms with van der Waals surface area (Å²) in [5.74, 6) is -0.653. The minimum Gasteiger partial charge on any atom is -0.369 e. The van der Waals surface area contributed by atoms with E-state index in [1.54, 1.807) is 0 Å². The number of fused-ring (bicyclic) bond motifs is 1. The van der Waals surface area contributed by atoms with Crippen molar-refractivity contribution in [2.24, 2.45) is 0 Å². The molecule has 5 N–H and O–H groups in total. The first-order valence-electron chi connectivity index (χ1n) is 6.68. The summed E-state index contributed by atoms with van der Waals surface area (Å²) < 4.78 is 32.5. The number of rotatable bonds is 6. The number of aryl methyl sites for hydroxylation is 1. The molecule has 0 aliphatic heterocycles. The van der Waals surface area contributed by atoms with Crippen LogP contribution in [-0.4, -0.2) is 43.8 Å². The molecule has 0 saturated heterocycles.